The van der Waals surface area contributed by atoms with Crippen molar-refractivity contribution in [3.8, 4) is 0 Å². The van der Waals surface area contributed by atoms with Crippen LogP contribution >= 0.6 is 0 Å². The van der Waals surface area contributed by atoms with Gasteiger partial charge in [-0.15, -0.1) is 0 Å². The molecule has 4 rings (SSSR count). The molecule has 0 bridgehead atoms. The van der Waals surface area contributed by atoms with Gasteiger partial charge in [-0.05, 0) is 46.2 Å². The first-order chi connectivity index (χ1) is 17.4. The fraction of sp³-hybridized carbons (Fsp3) is 0.440. The number of anilines is 2. The van der Waals surface area contributed by atoms with E-state index in [-0.39, 0.29) is 24.2 Å². The van der Waals surface area contributed by atoms with E-state index in [9.17, 15) is 4.39 Å². The van der Waals surface area contributed by atoms with Crippen molar-refractivity contribution in [3.63, 3.8) is 0 Å². The van der Waals surface area contributed by atoms with Gasteiger partial charge in [0.15, 0.2) is 17.3 Å². The molecule has 3 aromatic rings. The first-order valence-electron chi connectivity index (χ1n) is 12.2. The number of aromatic nitrogens is 5. The lowest BCUT2D eigenvalue weighted by Gasteiger charge is -2.35. The zero-order valence-corrected chi connectivity index (χ0v) is 21.3. The molecule has 1 aliphatic heterocycles. The molecule has 11 heteroatoms. The third-order valence-corrected chi connectivity index (χ3v) is 6.20. The number of fused-ring (bicyclic) bond motifs is 1. The number of halogens is 1. The Bertz CT molecular complexity index is 1250. The Morgan fingerprint density at radius 3 is 2.58 bits per heavy atom. The highest BCUT2D eigenvalue weighted by molar-refractivity contribution is 6.09. The number of aryl methyl sites for hydroxylation is 1. The van der Waals surface area contributed by atoms with Crippen LogP contribution in [0.5, 0.6) is 0 Å². The maximum Gasteiger partial charge on any atom is 0.183 e. The fourth-order valence-corrected chi connectivity index (χ4v) is 4.33. The summed E-state index contributed by atoms with van der Waals surface area (Å²) in [5, 5.41) is 3.12. The molecule has 190 valence electrons. The molecule has 1 aliphatic rings. The van der Waals surface area contributed by atoms with E-state index in [2.05, 4.69) is 58.7 Å². The molecular weight excluding hydrogens is 459 g/mol. The normalized spacial score (nSPS) is 15.7. The van der Waals surface area contributed by atoms with Gasteiger partial charge in [-0.25, -0.2) is 24.3 Å². The third-order valence-electron chi connectivity index (χ3n) is 6.20. The Hall–Kier alpha value is -3.73. The van der Waals surface area contributed by atoms with Crippen molar-refractivity contribution in [2.75, 3.05) is 49.6 Å². The summed E-state index contributed by atoms with van der Waals surface area (Å²) in [5.41, 5.74) is 2.35. The molecule has 0 atom stereocenters. The summed E-state index contributed by atoms with van der Waals surface area (Å²) in [6.45, 7) is 16.8. The molecule has 0 aliphatic carbocycles. The van der Waals surface area contributed by atoms with Gasteiger partial charge in [-0.3, -0.25) is 9.98 Å². The number of nitrogens with one attached hydrogen (secondary N) is 1. The lowest BCUT2D eigenvalue weighted by Crippen LogP contribution is -2.46. The number of aliphatic imine (C=N–C) groups is 2. The lowest BCUT2D eigenvalue weighted by atomic mass is 10.2. The smallest absolute Gasteiger partial charge is 0.183 e. The number of imidazole rings is 1. The Morgan fingerprint density at radius 2 is 1.94 bits per heavy atom. The van der Waals surface area contributed by atoms with Crippen LogP contribution in [-0.4, -0.2) is 81.2 Å². The first-order valence-corrected chi connectivity index (χ1v) is 12.2. The molecule has 1 N–H and O–H groups in total. The van der Waals surface area contributed by atoms with Gasteiger partial charge >= 0.3 is 0 Å². The zero-order chi connectivity index (χ0) is 25.7. The second kappa shape index (κ2) is 11.3. The molecule has 4 heterocycles. The number of hydrogen-bond donors (Lipinski definition) is 1. The number of likely N-dealkylation sites (N-methyl/N-ethyl adjacent to an activating group) is 1. The van der Waals surface area contributed by atoms with Crippen molar-refractivity contribution >= 4 is 35.1 Å². The van der Waals surface area contributed by atoms with Crippen molar-refractivity contribution in [2.45, 2.75) is 33.7 Å². The molecule has 0 spiro atoms. The van der Waals surface area contributed by atoms with Gasteiger partial charge in [0.1, 0.15) is 29.5 Å². The largest absolute Gasteiger partial charge is 0.368 e. The highest BCUT2D eigenvalue weighted by Gasteiger charge is 2.19. The summed E-state index contributed by atoms with van der Waals surface area (Å²) in [5.74, 6) is 0.938. The predicted molar refractivity (Wildman–Crippen MR) is 143 cm³/mol. The number of nitrogens with zero attached hydrogens (tertiary/aromatic N) is 9. The van der Waals surface area contributed by atoms with E-state index in [1.807, 2.05) is 43.7 Å². The van der Waals surface area contributed by atoms with E-state index < -0.39 is 5.83 Å². The van der Waals surface area contributed by atoms with Gasteiger partial charge in [0.2, 0.25) is 0 Å². The minimum atomic E-state index is -0.673. The van der Waals surface area contributed by atoms with Crippen LogP contribution in [0.3, 0.4) is 0 Å². The van der Waals surface area contributed by atoms with Crippen molar-refractivity contribution in [2.24, 2.45) is 9.98 Å². The summed E-state index contributed by atoms with van der Waals surface area (Å²) in [4.78, 5) is 30.6. The van der Waals surface area contributed by atoms with Crippen LogP contribution in [0.4, 0.5) is 15.9 Å². The van der Waals surface area contributed by atoms with E-state index in [1.165, 1.54) is 0 Å². The monoisotopic (exact) mass is 492 g/mol. The van der Waals surface area contributed by atoms with Crippen molar-refractivity contribution in [1.29, 1.82) is 0 Å². The van der Waals surface area contributed by atoms with Crippen LogP contribution in [0.1, 0.15) is 38.5 Å². The van der Waals surface area contributed by atoms with Gasteiger partial charge < -0.3 is 19.7 Å². The quantitative estimate of drug-likeness (QED) is 0.456. The Balaban J connectivity index is 1.51. The standard InChI is InChI=1S/C25H33FN10/c1-6-34-9-11-35(12-10-34)19-7-8-22(28-13-19)30-16-31-23(20(26)14-27-5)24-29-15-21-25(33-24)36(17(2)3)18(4)32-21/h7-8,13-15,17H,5-6,9-12,16H2,1-4H3,(H,28,30)/b20-14+,31-23?. The Labute approximate surface area is 210 Å². The summed E-state index contributed by atoms with van der Waals surface area (Å²) in [7, 11) is 0. The molecule has 1 fully saturated rings. The van der Waals surface area contributed by atoms with Crippen LogP contribution in [0.2, 0.25) is 0 Å². The maximum atomic E-state index is 14.9. The molecule has 1 saturated heterocycles. The number of allylic oxidation sites excluding steroid dienone is 1. The molecule has 36 heavy (non-hydrogen) atoms. The zero-order valence-electron chi connectivity index (χ0n) is 21.3. The predicted octanol–water partition coefficient (Wildman–Crippen LogP) is 3.62. The van der Waals surface area contributed by atoms with E-state index in [4.69, 9.17) is 0 Å². The van der Waals surface area contributed by atoms with E-state index in [1.54, 1.807) is 6.20 Å². The Morgan fingerprint density at radius 1 is 1.17 bits per heavy atom. The third kappa shape index (κ3) is 5.56. The SMILES string of the molecule is C=N/C=C(/F)C(=NCNc1ccc(N2CCN(CC)CC2)cn1)c1ncc2nc(C)n(C(C)C)c2n1. The Kier molecular flexibility index (Phi) is 7.99. The number of pyridine rings is 1. The van der Waals surface area contributed by atoms with E-state index >= 15 is 0 Å². The molecule has 0 aromatic carbocycles. The fourth-order valence-electron chi connectivity index (χ4n) is 4.33. The summed E-state index contributed by atoms with van der Waals surface area (Å²) >= 11 is 0. The van der Waals surface area contributed by atoms with Crippen LogP contribution in [0.15, 0.2) is 46.5 Å². The van der Waals surface area contributed by atoms with Crippen LogP contribution in [-0.2, 0) is 0 Å². The summed E-state index contributed by atoms with van der Waals surface area (Å²) in [6, 6.07) is 4.08. The highest BCUT2D eigenvalue weighted by Crippen LogP contribution is 2.20. The van der Waals surface area contributed by atoms with Crippen molar-refractivity contribution in [1.82, 2.24) is 29.4 Å². The molecule has 3 aromatic heterocycles. The molecule has 0 unspecified atom stereocenters. The molecule has 0 amide bonds. The van der Waals surface area contributed by atoms with Gasteiger partial charge in [0.25, 0.3) is 0 Å². The second-order valence-electron chi connectivity index (χ2n) is 8.85. The van der Waals surface area contributed by atoms with Crippen LogP contribution in [0.25, 0.3) is 11.2 Å². The van der Waals surface area contributed by atoms with Crippen molar-refractivity contribution < 1.29 is 4.39 Å². The highest BCUT2D eigenvalue weighted by atomic mass is 19.1. The maximum absolute atomic E-state index is 14.9. The second-order valence-corrected chi connectivity index (χ2v) is 8.85. The van der Waals surface area contributed by atoms with Gasteiger partial charge in [-0.2, -0.15) is 0 Å². The van der Waals surface area contributed by atoms with Crippen molar-refractivity contribution in [3.05, 3.63) is 48.2 Å². The molecule has 0 radical (unpaired) electrons. The number of piperazine rings is 1. The minimum Gasteiger partial charge on any atom is -0.368 e. The van der Waals surface area contributed by atoms with Crippen LogP contribution < -0.4 is 10.2 Å². The van der Waals surface area contributed by atoms with Gasteiger partial charge in [0, 0.05) is 32.2 Å². The van der Waals surface area contributed by atoms with Gasteiger partial charge in [-0.1, -0.05) is 6.92 Å². The minimum absolute atomic E-state index is 0.0172. The van der Waals surface area contributed by atoms with E-state index in [0.29, 0.717) is 17.0 Å². The molecule has 10 nitrogen and oxygen atoms in total. The summed E-state index contributed by atoms with van der Waals surface area (Å²) < 4.78 is 16.9. The van der Waals surface area contributed by atoms with E-state index in [0.717, 1.165) is 50.4 Å². The molecule has 0 saturated carbocycles. The first kappa shape index (κ1) is 25.4. The molecular formula is C25H33FN10. The van der Waals surface area contributed by atoms with Crippen LogP contribution in [0, 0.1) is 6.92 Å². The number of rotatable bonds is 9. The average molecular weight is 493 g/mol. The number of hydrogen-bond acceptors (Lipinski definition) is 9. The average Bonchev–Trinajstić information content (AvgIpc) is 3.22. The topological polar surface area (TPSA) is 99.7 Å². The lowest BCUT2D eigenvalue weighted by molar-refractivity contribution is 0.271. The summed E-state index contributed by atoms with van der Waals surface area (Å²) in [6.07, 6.45) is 4.44. The van der Waals surface area contributed by atoms with Gasteiger partial charge in [0.05, 0.1) is 24.3 Å².